The average molecular weight is 243 g/mol. The standard InChI is InChI=1S/C12H25N3O2/c1-4-11(16)13-7-6-9-15(3)10-8-14-12(17)5-2/h4-10H2,1-3H3,(H,13,16)(H,14,17). The Morgan fingerprint density at radius 3 is 2.00 bits per heavy atom. The Hall–Kier alpha value is -1.10. The Bertz CT molecular complexity index is 232. The fourth-order valence-electron chi connectivity index (χ4n) is 1.32. The summed E-state index contributed by atoms with van der Waals surface area (Å²) in [6.45, 7) is 6.86. The number of carbonyl (C=O) groups excluding carboxylic acids is 2. The van der Waals surface area contributed by atoms with Gasteiger partial charge in [-0.15, -0.1) is 0 Å². The maximum absolute atomic E-state index is 11.0. The molecule has 0 aromatic rings. The normalized spacial score (nSPS) is 10.4. The second-order valence-electron chi connectivity index (χ2n) is 4.06. The Morgan fingerprint density at radius 1 is 0.941 bits per heavy atom. The zero-order valence-corrected chi connectivity index (χ0v) is 11.2. The Labute approximate surface area is 104 Å². The number of nitrogens with one attached hydrogen (secondary N) is 2. The largest absolute Gasteiger partial charge is 0.356 e. The van der Waals surface area contributed by atoms with Crippen molar-refractivity contribution in [2.45, 2.75) is 33.1 Å². The second-order valence-corrected chi connectivity index (χ2v) is 4.06. The van der Waals surface area contributed by atoms with Gasteiger partial charge in [0.15, 0.2) is 0 Å². The Balaban J connectivity index is 3.37. The molecule has 0 spiro atoms. The van der Waals surface area contributed by atoms with E-state index in [-0.39, 0.29) is 11.8 Å². The van der Waals surface area contributed by atoms with Gasteiger partial charge in [-0.2, -0.15) is 0 Å². The van der Waals surface area contributed by atoms with Gasteiger partial charge in [0.2, 0.25) is 11.8 Å². The van der Waals surface area contributed by atoms with Crippen LogP contribution < -0.4 is 10.6 Å². The molecule has 0 atom stereocenters. The van der Waals surface area contributed by atoms with Crippen molar-refractivity contribution in [1.82, 2.24) is 15.5 Å². The molecule has 17 heavy (non-hydrogen) atoms. The van der Waals surface area contributed by atoms with E-state index in [1.165, 1.54) is 0 Å². The lowest BCUT2D eigenvalue weighted by Crippen LogP contribution is -2.34. The zero-order chi connectivity index (χ0) is 13.1. The van der Waals surface area contributed by atoms with E-state index in [1.807, 2.05) is 20.9 Å². The highest BCUT2D eigenvalue weighted by Gasteiger charge is 2.01. The summed E-state index contributed by atoms with van der Waals surface area (Å²) in [6, 6.07) is 0. The summed E-state index contributed by atoms with van der Waals surface area (Å²) in [5, 5.41) is 5.67. The van der Waals surface area contributed by atoms with Gasteiger partial charge in [-0.05, 0) is 20.0 Å². The number of amides is 2. The van der Waals surface area contributed by atoms with Crippen LogP contribution >= 0.6 is 0 Å². The maximum atomic E-state index is 11.0. The highest BCUT2D eigenvalue weighted by Crippen LogP contribution is 1.86. The first-order valence-electron chi connectivity index (χ1n) is 6.32. The third-order valence-corrected chi connectivity index (χ3v) is 2.50. The van der Waals surface area contributed by atoms with Crippen molar-refractivity contribution in [1.29, 1.82) is 0 Å². The van der Waals surface area contributed by atoms with Crippen LogP contribution in [0.3, 0.4) is 0 Å². The van der Waals surface area contributed by atoms with Crippen molar-refractivity contribution in [3.05, 3.63) is 0 Å². The lowest BCUT2D eigenvalue weighted by atomic mass is 10.3. The van der Waals surface area contributed by atoms with E-state index in [1.54, 1.807) is 0 Å². The molecule has 0 saturated carbocycles. The molecular weight excluding hydrogens is 218 g/mol. The molecule has 100 valence electrons. The fraction of sp³-hybridized carbons (Fsp3) is 0.833. The molecule has 0 aliphatic carbocycles. The van der Waals surface area contributed by atoms with Gasteiger partial charge < -0.3 is 15.5 Å². The number of nitrogens with zero attached hydrogens (tertiary/aromatic N) is 1. The van der Waals surface area contributed by atoms with Crippen molar-refractivity contribution in [3.8, 4) is 0 Å². The molecule has 0 fully saturated rings. The number of likely N-dealkylation sites (N-methyl/N-ethyl adjacent to an activating group) is 1. The van der Waals surface area contributed by atoms with Crippen LogP contribution in [0.5, 0.6) is 0 Å². The maximum Gasteiger partial charge on any atom is 0.219 e. The molecule has 5 nitrogen and oxygen atoms in total. The molecule has 0 rings (SSSR count). The van der Waals surface area contributed by atoms with Crippen LogP contribution in [-0.4, -0.2) is 49.9 Å². The molecule has 0 unspecified atom stereocenters. The quantitative estimate of drug-likeness (QED) is 0.575. The molecule has 2 N–H and O–H groups in total. The summed E-state index contributed by atoms with van der Waals surface area (Å²) >= 11 is 0. The zero-order valence-electron chi connectivity index (χ0n) is 11.2. The molecule has 5 heteroatoms. The van der Waals surface area contributed by atoms with E-state index in [0.29, 0.717) is 19.4 Å². The Kier molecular flexibility index (Phi) is 9.43. The monoisotopic (exact) mass is 243 g/mol. The van der Waals surface area contributed by atoms with Gasteiger partial charge >= 0.3 is 0 Å². The third kappa shape index (κ3) is 9.81. The fourth-order valence-corrected chi connectivity index (χ4v) is 1.32. The van der Waals surface area contributed by atoms with E-state index >= 15 is 0 Å². The van der Waals surface area contributed by atoms with Crippen LogP contribution in [0, 0.1) is 0 Å². The van der Waals surface area contributed by atoms with Crippen molar-refractivity contribution >= 4 is 11.8 Å². The molecule has 0 aliphatic rings. The van der Waals surface area contributed by atoms with Crippen molar-refractivity contribution in [2.24, 2.45) is 0 Å². The number of hydrogen-bond donors (Lipinski definition) is 2. The number of hydrogen-bond acceptors (Lipinski definition) is 3. The van der Waals surface area contributed by atoms with Crippen LogP contribution in [0.15, 0.2) is 0 Å². The molecular formula is C12H25N3O2. The molecule has 0 aromatic heterocycles. The molecule has 0 radical (unpaired) electrons. The average Bonchev–Trinajstić information content (AvgIpc) is 2.33. The molecule has 0 saturated heterocycles. The third-order valence-electron chi connectivity index (χ3n) is 2.50. The molecule has 0 aromatic carbocycles. The van der Waals surface area contributed by atoms with Crippen LogP contribution in [0.1, 0.15) is 33.1 Å². The van der Waals surface area contributed by atoms with E-state index in [2.05, 4.69) is 15.5 Å². The first-order chi connectivity index (χ1) is 8.10. The summed E-state index contributed by atoms with van der Waals surface area (Å²) in [6.07, 6.45) is 2.01. The minimum atomic E-state index is 0.0913. The summed E-state index contributed by atoms with van der Waals surface area (Å²) in [5.74, 6) is 0.191. The molecule has 0 heterocycles. The summed E-state index contributed by atoms with van der Waals surface area (Å²) in [5.41, 5.74) is 0. The van der Waals surface area contributed by atoms with E-state index in [0.717, 1.165) is 26.1 Å². The van der Waals surface area contributed by atoms with Gasteiger partial charge in [-0.1, -0.05) is 13.8 Å². The minimum Gasteiger partial charge on any atom is -0.356 e. The minimum absolute atomic E-state index is 0.0913. The lowest BCUT2D eigenvalue weighted by Gasteiger charge is -2.16. The predicted octanol–water partition coefficient (Wildman–Crippen LogP) is 0.361. The highest BCUT2D eigenvalue weighted by molar-refractivity contribution is 5.75. The van der Waals surface area contributed by atoms with Crippen LogP contribution in [0.2, 0.25) is 0 Å². The summed E-state index contributed by atoms with van der Waals surface area (Å²) in [7, 11) is 2.01. The number of carbonyl (C=O) groups is 2. The van der Waals surface area contributed by atoms with Gasteiger partial charge in [0, 0.05) is 32.5 Å². The molecule has 0 aliphatic heterocycles. The summed E-state index contributed by atoms with van der Waals surface area (Å²) in [4.78, 5) is 24.1. The Morgan fingerprint density at radius 2 is 1.47 bits per heavy atom. The van der Waals surface area contributed by atoms with Crippen molar-refractivity contribution < 1.29 is 9.59 Å². The second kappa shape index (κ2) is 10.1. The van der Waals surface area contributed by atoms with Gasteiger partial charge in [-0.25, -0.2) is 0 Å². The van der Waals surface area contributed by atoms with Crippen molar-refractivity contribution in [3.63, 3.8) is 0 Å². The molecule has 0 bridgehead atoms. The topological polar surface area (TPSA) is 61.4 Å². The van der Waals surface area contributed by atoms with Gasteiger partial charge in [0.05, 0.1) is 0 Å². The van der Waals surface area contributed by atoms with Crippen LogP contribution in [-0.2, 0) is 9.59 Å². The SMILES string of the molecule is CCC(=O)NCCCN(C)CCNC(=O)CC. The van der Waals surface area contributed by atoms with Crippen LogP contribution in [0.4, 0.5) is 0 Å². The number of rotatable bonds is 9. The van der Waals surface area contributed by atoms with Gasteiger partial charge in [0.1, 0.15) is 0 Å². The smallest absolute Gasteiger partial charge is 0.219 e. The first kappa shape index (κ1) is 15.9. The first-order valence-corrected chi connectivity index (χ1v) is 6.32. The van der Waals surface area contributed by atoms with Gasteiger partial charge in [0.25, 0.3) is 0 Å². The van der Waals surface area contributed by atoms with E-state index in [9.17, 15) is 9.59 Å². The van der Waals surface area contributed by atoms with E-state index < -0.39 is 0 Å². The summed E-state index contributed by atoms with van der Waals surface area (Å²) < 4.78 is 0. The van der Waals surface area contributed by atoms with Gasteiger partial charge in [-0.3, -0.25) is 9.59 Å². The van der Waals surface area contributed by atoms with E-state index in [4.69, 9.17) is 0 Å². The van der Waals surface area contributed by atoms with Crippen LogP contribution in [0.25, 0.3) is 0 Å². The molecule has 2 amide bonds. The highest BCUT2D eigenvalue weighted by atomic mass is 16.2. The predicted molar refractivity (Wildman–Crippen MR) is 68.7 cm³/mol. The van der Waals surface area contributed by atoms with Crippen molar-refractivity contribution in [2.75, 3.05) is 33.2 Å². The lowest BCUT2D eigenvalue weighted by molar-refractivity contribution is -0.121.